The first kappa shape index (κ1) is 14.4. The van der Waals surface area contributed by atoms with E-state index in [2.05, 4.69) is 9.47 Å². The largest absolute Gasteiger partial charge is 0.523 e. The lowest BCUT2D eigenvalue weighted by Crippen LogP contribution is -2.50. The molecule has 0 bridgehead atoms. The second-order valence-electron chi connectivity index (χ2n) is 2.25. The topological polar surface area (TPSA) is 18.5 Å². The Kier molecular flexibility index (Phi) is 3.91. The van der Waals surface area contributed by atoms with Gasteiger partial charge in [0, 0.05) is 7.11 Å². The van der Waals surface area contributed by atoms with Crippen molar-refractivity contribution in [1.29, 1.82) is 0 Å². The molecule has 0 spiro atoms. The van der Waals surface area contributed by atoms with Crippen molar-refractivity contribution in [3.05, 3.63) is 0 Å². The number of alkyl halides is 8. The number of methoxy groups -OCH3 is 1. The SMILES string of the molecule is COC(F)(F)C(OC(F)(F)F)C(F)(F)F. The Morgan fingerprint density at radius 2 is 1.27 bits per heavy atom. The van der Waals surface area contributed by atoms with Crippen LogP contribution in [0.4, 0.5) is 35.1 Å². The van der Waals surface area contributed by atoms with Crippen LogP contribution in [0.5, 0.6) is 0 Å². The molecule has 0 N–H and O–H groups in total. The van der Waals surface area contributed by atoms with Crippen molar-refractivity contribution in [2.45, 2.75) is 24.8 Å². The number of hydrogen-bond acceptors (Lipinski definition) is 2. The fourth-order valence-corrected chi connectivity index (χ4v) is 0.567. The molecule has 0 rings (SSSR count). The molecule has 0 aliphatic heterocycles. The van der Waals surface area contributed by atoms with Crippen LogP contribution in [0.1, 0.15) is 0 Å². The van der Waals surface area contributed by atoms with E-state index in [9.17, 15) is 35.1 Å². The standard InChI is InChI=1S/C5H4F8O2/c1-14-4(9,10)2(3(6,7)8)15-5(11,12)13/h2H,1H3. The summed E-state index contributed by atoms with van der Waals surface area (Å²) in [6.07, 6.45) is -21.3. The van der Waals surface area contributed by atoms with E-state index >= 15 is 0 Å². The van der Waals surface area contributed by atoms with Gasteiger partial charge in [0.2, 0.25) is 0 Å². The maximum atomic E-state index is 12.3. The van der Waals surface area contributed by atoms with Crippen molar-refractivity contribution in [2.75, 3.05) is 7.11 Å². The van der Waals surface area contributed by atoms with E-state index in [1.165, 1.54) is 0 Å². The van der Waals surface area contributed by atoms with Gasteiger partial charge in [-0.15, -0.1) is 13.2 Å². The first-order chi connectivity index (χ1) is 6.40. The Morgan fingerprint density at radius 3 is 1.47 bits per heavy atom. The fraction of sp³-hybridized carbons (Fsp3) is 1.00. The Morgan fingerprint density at radius 1 is 0.867 bits per heavy atom. The van der Waals surface area contributed by atoms with Crippen LogP contribution in [-0.4, -0.2) is 31.9 Å². The van der Waals surface area contributed by atoms with Crippen molar-refractivity contribution in [3.8, 4) is 0 Å². The molecular weight excluding hydrogens is 244 g/mol. The van der Waals surface area contributed by atoms with Gasteiger partial charge in [0.25, 0.3) is 6.10 Å². The summed E-state index contributed by atoms with van der Waals surface area (Å²) in [6, 6.07) is 0. The number of halogens is 8. The van der Waals surface area contributed by atoms with Crippen molar-refractivity contribution in [2.24, 2.45) is 0 Å². The third-order valence-corrected chi connectivity index (χ3v) is 1.13. The molecule has 0 aromatic carbocycles. The van der Waals surface area contributed by atoms with Gasteiger partial charge in [-0.05, 0) is 0 Å². The number of hydrogen-bond donors (Lipinski definition) is 0. The first-order valence-corrected chi connectivity index (χ1v) is 3.14. The molecule has 0 fully saturated rings. The van der Waals surface area contributed by atoms with E-state index < -0.39 is 24.8 Å². The third-order valence-electron chi connectivity index (χ3n) is 1.13. The molecule has 15 heavy (non-hydrogen) atoms. The zero-order valence-corrected chi connectivity index (χ0v) is 6.92. The summed E-state index contributed by atoms with van der Waals surface area (Å²) < 4.78 is 99.2. The Labute approximate surface area is 77.8 Å². The second kappa shape index (κ2) is 4.08. The monoisotopic (exact) mass is 248 g/mol. The summed E-state index contributed by atoms with van der Waals surface area (Å²) in [5.41, 5.74) is 0. The predicted molar refractivity (Wildman–Crippen MR) is 28.9 cm³/mol. The molecular formula is C5H4F8O2. The van der Waals surface area contributed by atoms with Gasteiger partial charge < -0.3 is 4.74 Å². The molecule has 0 saturated carbocycles. The molecule has 0 aliphatic carbocycles. The highest BCUT2D eigenvalue weighted by Crippen LogP contribution is 2.38. The van der Waals surface area contributed by atoms with Crippen molar-refractivity contribution < 1.29 is 44.6 Å². The van der Waals surface area contributed by atoms with Crippen molar-refractivity contribution >= 4 is 0 Å². The molecule has 0 amide bonds. The van der Waals surface area contributed by atoms with Crippen LogP contribution < -0.4 is 0 Å². The Hall–Kier alpha value is -0.640. The van der Waals surface area contributed by atoms with Gasteiger partial charge in [-0.2, -0.15) is 22.0 Å². The molecule has 0 aromatic rings. The average molecular weight is 248 g/mol. The van der Waals surface area contributed by atoms with Crippen LogP contribution in [0.2, 0.25) is 0 Å². The highest BCUT2D eigenvalue weighted by Gasteiger charge is 2.61. The highest BCUT2D eigenvalue weighted by molar-refractivity contribution is 4.77. The average Bonchev–Trinajstić information content (AvgIpc) is 1.96. The zero-order valence-electron chi connectivity index (χ0n) is 6.92. The Balaban J connectivity index is 4.92. The van der Waals surface area contributed by atoms with Crippen LogP contribution in [0.15, 0.2) is 0 Å². The van der Waals surface area contributed by atoms with Gasteiger partial charge in [-0.1, -0.05) is 0 Å². The zero-order chi connectivity index (χ0) is 12.5. The summed E-state index contributed by atoms with van der Waals surface area (Å²) in [7, 11) is 0.123. The second-order valence-corrected chi connectivity index (χ2v) is 2.25. The first-order valence-electron chi connectivity index (χ1n) is 3.14. The molecule has 2 nitrogen and oxygen atoms in total. The lowest BCUT2D eigenvalue weighted by Gasteiger charge is -2.27. The molecule has 0 aromatic heterocycles. The normalized spacial score (nSPS) is 16.6. The smallest absolute Gasteiger partial charge is 0.322 e. The quantitative estimate of drug-likeness (QED) is 0.715. The van der Waals surface area contributed by atoms with E-state index in [1.54, 1.807) is 0 Å². The summed E-state index contributed by atoms with van der Waals surface area (Å²) in [6.45, 7) is 0. The van der Waals surface area contributed by atoms with Crippen LogP contribution in [0.3, 0.4) is 0 Å². The molecule has 1 unspecified atom stereocenters. The van der Waals surface area contributed by atoms with Gasteiger partial charge in [-0.25, -0.2) is 0 Å². The maximum absolute atomic E-state index is 12.3. The van der Waals surface area contributed by atoms with Gasteiger partial charge in [0.1, 0.15) is 0 Å². The molecule has 0 aliphatic rings. The molecule has 0 radical (unpaired) electrons. The van der Waals surface area contributed by atoms with Gasteiger partial charge in [-0.3, -0.25) is 4.74 Å². The predicted octanol–water partition coefficient (Wildman–Crippen LogP) is 2.69. The number of rotatable bonds is 3. The minimum Gasteiger partial charge on any atom is -0.322 e. The lowest BCUT2D eigenvalue weighted by atomic mass is 10.3. The Bertz CT molecular complexity index is 206. The fourth-order valence-electron chi connectivity index (χ4n) is 0.567. The van der Waals surface area contributed by atoms with Crippen LogP contribution in [0.25, 0.3) is 0 Å². The van der Waals surface area contributed by atoms with Gasteiger partial charge >= 0.3 is 18.6 Å². The van der Waals surface area contributed by atoms with E-state index in [4.69, 9.17) is 0 Å². The van der Waals surface area contributed by atoms with Crippen LogP contribution >= 0.6 is 0 Å². The van der Waals surface area contributed by atoms with Crippen molar-refractivity contribution in [3.63, 3.8) is 0 Å². The lowest BCUT2D eigenvalue weighted by molar-refractivity contribution is -0.438. The third kappa shape index (κ3) is 4.60. The van der Waals surface area contributed by atoms with Crippen LogP contribution in [-0.2, 0) is 9.47 Å². The van der Waals surface area contributed by atoms with E-state index in [1.807, 2.05) is 0 Å². The van der Waals surface area contributed by atoms with Gasteiger partial charge in [0.15, 0.2) is 0 Å². The molecule has 10 heteroatoms. The maximum Gasteiger partial charge on any atom is 0.523 e. The molecule has 92 valence electrons. The van der Waals surface area contributed by atoms with E-state index in [0.29, 0.717) is 0 Å². The van der Waals surface area contributed by atoms with Gasteiger partial charge in [0.05, 0.1) is 0 Å². The minimum absolute atomic E-state index is 0.123. The van der Waals surface area contributed by atoms with E-state index in [0.717, 1.165) is 0 Å². The van der Waals surface area contributed by atoms with Crippen LogP contribution in [0, 0.1) is 0 Å². The molecule has 1 atom stereocenters. The summed E-state index contributed by atoms with van der Waals surface area (Å²) in [5.74, 6) is 0. The van der Waals surface area contributed by atoms with E-state index in [-0.39, 0.29) is 7.11 Å². The summed E-state index contributed by atoms with van der Waals surface area (Å²) in [5, 5.41) is 0. The summed E-state index contributed by atoms with van der Waals surface area (Å²) in [4.78, 5) is 0. The minimum atomic E-state index is -5.91. The summed E-state index contributed by atoms with van der Waals surface area (Å²) >= 11 is 0. The van der Waals surface area contributed by atoms with Crippen molar-refractivity contribution in [1.82, 2.24) is 0 Å². The number of ether oxygens (including phenoxy) is 2. The molecule has 0 saturated heterocycles. The highest BCUT2D eigenvalue weighted by atomic mass is 19.4. The molecule has 0 heterocycles.